The zero-order valence-corrected chi connectivity index (χ0v) is 17.2. The number of rotatable bonds is 5. The first-order valence-corrected chi connectivity index (χ1v) is 10.1. The van der Waals surface area contributed by atoms with Gasteiger partial charge >= 0.3 is 0 Å². The van der Waals surface area contributed by atoms with Gasteiger partial charge in [-0.3, -0.25) is 9.59 Å². The third kappa shape index (κ3) is 3.53. The molecule has 1 aromatic heterocycles. The van der Waals surface area contributed by atoms with E-state index in [0.717, 1.165) is 22.2 Å². The van der Waals surface area contributed by atoms with Crippen molar-refractivity contribution in [3.8, 4) is 5.75 Å². The average molecular weight is 438 g/mol. The van der Waals surface area contributed by atoms with E-state index in [2.05, 4.69) is 33.2 Å². The summed E-state index contributed by atoms with van der Waals surface area (Å²) < 4.78 is 7.85. The smallest absolute Gasteiger partial charge is 0.279 e. The lowest BCUT2D eigenvalue weighted by Crippen LogP contribution is -2.33. The van der Waals surface area contributed by atoms with E-state index in [1.807, 2.05) is 25.2 Å². The standard InChI is InChI=1S/C18H20BrN3O3S/c1-4-7-26-18-21-17(24)15-11(9-14(23)20-16(15)22(18)2)10-5-6-13(25-3)12(19)8-10/h5-6,8,11H,4,7,9H2,1-3H3,(H,20,23). The second-order valence-electron chi connectivity index (χ2n) is 6.07. The molecular weight excluding hydrogens is 418 g/mol. The second kappa shape index (κ2) is 7.84. The van der Waals surface area contributed by atoms with Crippen molar-refractivity contribution in [2.24, 2.45) is 7.05 Å². The third-order valence-electron chi connectivity index (χ3n) is 4.31. The molecule has 0 spiro atoms. The molecule has 0 fully saturated rings. The van der Waals surface area contributed by atoms with Crippen molar-refractivity contribution in [3.63, 3.8) is 0 Å². The molecule has 0 saturated carbocycles. The first-order chi connectivity index (χ1) is 12.5. The van der Waals surface area contributed by atoms with E-state index in [0.29, 0.717) is 22.3 Å². The number of nitrogens with zero attached hydrogens (tertiary/aromatic N) is 2. The molecule has 3 rings (SSSR count). The van der Waals surface area contributed by atoms with Crippen molar-refractivity contribution in [3.05, 3.63) is 44.2 Å². The van der Waals surface area contributed by atoms with Crippen molar-refractivity contribution < 1.29 is 9.53 Å². The minimum absolute atomic E-state index is 0.109. The molecular formula is C18H20BrN3O3S. The molecule has 0 radical (unpaired) electrons. The number of aromatic nitrogens is 2. The lowest BCUT2D eigenvalue weighted by molar-refractivity contribution is -0.116. The van der Waals surface area contributed by atoms with Crippen LogP contribution in [0.4, 0.5) is 5.82 Å². The fourth-order valence-electron chi connectivity index (χ4n) is 3.04. The summed E-state index contributed by atoms with van der Waals surface area (Å²) >= 11 is 4.99. The van der Waals surface area contributed by atoms with Gasteiger partial charge in [0.2, 0.25) is 5.91 Å². The molecule has 6 nitrogen and oxygen atoms in total. The summed E-state index contributed by atoms with van der Waals surface area (Å²) in [6, 6.07) is 5.61. The fourth-order valence-corrected chi connectivity index (χ4v) is 4.42. The summed E-state index contributed by atoms with van der Waals surface area (Å²) in [7, 11) is 3.42. The Labute approximate surface area is 164 Å². The topological polar surface area (TPSA) is 73.2 Å². The van der Waals surface area contributed by atoms with E-state index in [4.69, 9.17) is 4.74 Å². The largest absolute Gasteiger partial charge is 0.496 e. The van der Waals surface area contributed by atoms with Gasteiger partial charge in [-0.25, -0.2) is 0 Å². The van der Waals surface area contributed by atoms with Crippen LogP contribution in [0, 0.1) is 0 Å². The molecule has 2 heterocycles. The number of thioether (sulfide) groups is 1. The molecule has 26 heavy (non-hydrogen) atoms. The van der Waals surface area contributed by atoms with Gasteiger partial charge in [-0.1, -0.05) is 24.8 Å². The van der Waals surface area contributed by atoms with Gasteiger partial charge in [0.05, 0.1) is 17.1 Å². The molecule has 1 aromatic carbocycles. The number of hydrogen-bond donors (Lipinski definition) is 1. The highest BCUT2D eigenvalue weighted by Crippen LogP contribution is 2.38. The van der Waals surface area contributed by atoms with Crippen molar-refractivity contribution >= 4 is 39.4 Å². The van der Waals surface area contributed by atoms with E-state index < -0.39 is 0 Å². The van der Waals surface area contributed by atoms with Crippen LogP contribution >= 0.6 is 27.7 Å². The molecule has 1 amide bonds. The van der Waals surface area contributed by atoms with Crippen molar-refractivity contribution in [1.29, 1.82) is 0 Å². The maximum Gasteiger partial charge on any atom is 0.279 e. The van der Waals surface area contributed by atoms with Gasteiger partial charge in [-0.15, -0.1) is 0 Å². The van der Waals surface area contributed by atoms with Crippen LogP contribution < -0.4 is 15.6 Å². The summed E-state index contributed by atoms with van der Waals surface area (Å²) in [4.78, 5) is 29.4. The van der Waals surface area contributed by atoms with Crippen molar-refractivity contribution in [2.75, 3.05) is 18.2 Å². The quantitative estimate of drug-likeness (QED) is 0.571. The Morgan fingerprint density at radius 2 is 2.19 bits per heavy atom. The van der Waals surface area contributed by atoms with E-state index >= 15 is 0 Å². The van der Waals surface area contributed by atoms with E-state index in [1.54, 1.807) is 11.7 Å². The number of benzene rings is 1. The molecule has 1 aliphatic heterocycles. The predicted molar refractivity (Wildman–Crippen MR) is 106 cm³/mol. The van der Waals surface area contributed by atoms with Crippen LogP contribution in [0.5, 0.6) is 5.75 Å². The van der Waals surface area contributed by atoms with Crippen LogP contribution in [0.2, 0.25) is 0 Å². The minimum atomic E-state index is -0.336. The first kappa shape index (κ1) is 19.0. The highest BCUT2D eigenvalue weighted by Gasteiger charge is 2.32. The number of hydrogen-bond acceptors (Lipinski definition) is 5. The summed E-state index contributed by atoms with van der Waals surface area (Å²) in [6.07, 6.45) is 1.19. The van der Waals surface area contributed by atoms with E-state index in [-0.39, 0.29) is 23.8 Å². The second-order valence-corrected chi connectivity index (χ2v) is 7.98. The van der Waals surface area contributed by atoms with Gasteiger partial charge in [-0.2, -0.15) is 4.98 Å². The van der Waals surface area contributed by atoms with Gasteiger partial charge in [0.15, 0.2) is 5.16 Å². The van der Waals surface area contributed by atoms with Gasteiger partial charge in [0.25, 0.3) is 5.56 Å². The van der Waals surface area contributed by atoms with Crippen LogP contribution in [0.3, 0.4) is 0 Å². The predicted octanol–water partition coefficient (Wildman–Crippen LogP) is 3.53. The number of anilines is 1. The van der Waals surface area contributed by atoms with Gasteiger partial charge in [-0.05, 0) is 40.0 Å². The third-order valence-corrected chi connectivity index (χ3v) is 6.17. The molecule has 1 atom stereocenters. The molecule has 2 aromatic rings. The highest BCUT2D eigenvalue weighted by atomic mass is 79.9. The monoisotopic (exact) mass is 437 g/mol. The average Bonchev–Trinajstić information content (AvgIpc) is 2.62. The maximum absolute atomic E-state index is 12.8. The molecule has 1 N–H and O–H groups in total. The fraction of sp³-hybridized carbons (Fsp3) is 0.389. The summed E-state index contributed by atoms with van der Waals surface area (Å²) in [5.74, 6) is 1.66. The van der Waals surface area contributed by atoms with Crippen molar-refractivity contribution in [1.82, 2.24) is 9.55 Å². The maximum atomic E-state index is 12.8. The number of ether oxygens (including phenoxy) is 1. The zero-order chi connectivity index (χ0) is 18.8. The normalized spacial score (nSPS) is 16.2. The lowest BCUT2D eigenvalue weighted by atomic mass is 9.87. The Morgan fingerprint density at radius 3 is 2.85 bits per heavy atom. The molecule has 138 valence electrons. The molecule has 0 bridgehead atoms. The summed E-state index contributed by atoms with van der Waals surface area (Å²) in [5.41, 5.74) is 1.13. The zero-order valence-electron chi connectivity index (χ0n) is 14.8. The summed E-state index contributed by atoms with van der Waals surface area (Å²) in [6.45, 7) is 2.07. The van der Waals surface area contributed by atoms with Crippen LogP contribution in [0.15, 0.2) is 32.6 Å². The van der Waals surface area contributed by atoms with Crippen LogP contribution in [-0.4, -0.2) is 28.3 Å². The van der Waals surface area contributed by atoms with Crippen LogP contribution in [0.1, 0.15) is 36.8 Å². The number of nitrogens with one attached hydrogen (secondary N) is 1. The number of fused-ring (bicyclic) bond motifs is 1. The number of carbonyl (C=O) groups excluding carboxylic acids is 1. The number of carbonyl (C=O) groups is 1. The van der Waals surface area contributed by atoms with E-state index in [1.165, 1.54) is 11.8 Å². The van der Waals surface area contributed by atoms with Gasteiger partial charge < -0.3 is 14.6 Å². The molecule has 0 saturated heterocycles. The Hall–Kier alpha value is -1.80. The van der Waals surface area contributed by atoms with Gasteiger partial charge in [0, 0.05) is 25.1 Å². The Morgan fingerprint density at radius 1 is 1.42 bits per heavy atom. The number of methoxy groups -OCH3 is 1. The van der Waals surface area contributed by atoms with Gasteiger partial charge in [0.1, 0.15) is 11.6 Å². The Kier molecular flexibility index (Phi) is 5.72. The van der Waals surface area contributed by atoms with Crippen molar-refractivity contribution in [2.45, 2.75) is 30.8 Å². The van der Waals surface area contributed by atoms with E-state index in [9.17, 15) is 9.59 Å². The number of amides is 1. The Balaban J connectivity index is 2.12. The van der Waals surface area contributed by atoms with Crippen LogP contribution in [0.25, 0.3) is 0 Å². The minimum Gasteiger partial charge on any atom is -0.496 e. The summed E-state index contributed by atoms with van der Waals surface area (Å²) in [5, 5.41) is 3.48. The molecule has 1 unspecified atom stereocenters. The SMILES string of the molecule is CCCSc1nc(=O)c2c(n1C)NC(=O)CC2c1ccc(OC)c(Br)c1. The lowest BCUT2D eigenvalue weighted by Gasteiger charge is -2.27. The Bertz CT molecular complexity index is 913. The molecule has 8 heteroatoms. The molecule has 1 aliphatic rings. The highest BCUT2D eigenvalue weighted by molar-refractivity contribution is 9.10. The number of halogens is 1. The first-order valence-electron chi connectivity index (χ1n) is 8.33. The van der Waals surface area contributed by atoms with Crippen LogP contribution in [-0.2, 0) is 11.8 Å². The molecule has 0 aliphatic carbocycles.